The van der Waals surface area contributed by atoms with Crippen LogP contribution < -0.4 is 20.7 Å². The molecule has 6 aliphatic carbocycles. The lowest BCUT2D eigenvalue weighted by Crippen LogP contribution is -2.70. The second kappa shape index (κ2) is 20.1. The van der Waals surface area contributed by atoms with Crippen molar-refractivity contribution in [3.8, 4) is 35.2 Å². The molecule has 73 heavy (non-hydrogen) atoms. The lowest BCUT2D eigenvalue weighted by Gasteiger charge is -2.58. The Balaban J connectivity index is 1.22. The summed E-state index contributed by atoms with van der Waals surface area (Å²) >= 11 is 0. The van der Waals surface area contributed by atoms with E-state index >= 15 is 9.59 Å². The number of carbonyl (C=O) groups is 3. The van der Waals surface area contributed by atoms with Crippen molar-refractivity contribution in [3.05, 3.63) is 34.9 Å². The van der Waals surface area contributed by atoms with E-state index in [4.69, 9.17) is 14.2 Å². The van der Waals surface area contributed by atoms with E-state index in [1.165, 1.54) is 6.92 Å². The third-order valence-electron chi connectivity index (χ3n) is 21.1. The molecule has 7 N–H and O–H groups in total. The number of aliphatic hydroxyl groups is 3. The fraction of sp³-hybridized carbons (Fsp3) is 0.750. The van der Waals surface area contributed by atoms with Crippen LogP contribution >= 0.6 is 0 Å². The van der Waals surface area contributed by atoms with E-state index < -0.39 is 64.6 Å². The second-order valence-corrected chi connectivity index (χ2v) is 24.9. The van der Waals surface area contributed by atoms with Crippen LogP contribution in [0.2, 0.25) is 0 Å². The number of likely N-dealkylation sites (N-methyl/N-ethyl adjacent to an activating group) is 1. The fourth-order valence-electron chi connectivity index (χ4n) is 18.0. The SMILES string of the molecule is CNCC(O)CCC1C(CC(C)O)CC#CC2CC3c4c(ccc(O)c4OCC3C3(CO)CCCC3)C2C23CCNC(CC#CC4=CC(C1OC(C)=O)C2OC(=O)C12CCCCC1CC1(CCCC41)C(=O)N2)C3. The van der Waals surface area contributed by atoms with Crippen molar-refractivity contribution in [2.75, 3.05) is 33.4 Å². The van der Waals surface area contributed by atoms with E-state index in [-0.39, 0.29) is 71.1 Å². The fourth-order valence-corrected chi connectivity index (χ4v) is 18.0. The van der Waals surface area contributed by atoms with Crippen molar-refractivity contribution < 1.29 is 49.0 Å². The number of hydrogen-bond donors (Lipinski definition) is 7. The van der Waals surface area contributed by atoms with Crippen LogP contribution in [0.4, 0.5) is 0 Å². The number of piperidine rings is 2. The molecule has 11 aliphatic rings. The van der Waals surface area contributed by atoms with Crippen molar-refractivity contribution in [2.24, 2.45) is 57.7 Å². The van der Waals surface area contributed by atoms with Crippen LogP contribution in [0, 0.1) is 81.4 Å². The quantitative estimate of drug-likeness (QED) is 0.0971. The first kappa shape index (κ1) is 51.0. The Labute approximate surface area is 432 Å². The van der Waals surface area contributed by atoms with Crippen molar-refractivity contribution >= 4 is 17.8 Å². The van der Waals surface area contributed by atoms with Crippen LogP contribution in [0.1, 0.15) is 165 Å². The van der Waals surface area contributed by atoms with Crippen LogP contribution in [0.25, 0.3) is 0 Å². The predicted molar refractivity (Wildman–Crippen MR) is 274 cm³/mol. The summed E-state index contributed by atoms with van der Waals surface area (Å²) < 4.78 is 21.4. The zero-order valence-electron chi connectivity index (χ0n) is 43.5. The smallest absolute Gasteiger partial charge is 0.332 e. The van der Waals surface area contributed by atoms with E-state index in [0.717, 1.165) is 74.5 Å². The molecule has 17 atom stereocenters. The van der Waals surface area contributed by atoms with Crippen molar-refractivity contribution in [3.63, 3.8) is 0 Å². The summed E-state index contributed by atoms with van der Waals surface area (Å²) in [5.41, 5.74) is -0.421. The van der Waals surface area contributed by atoms with E-state index in [0.29, 0.717) is 96.1 Å². The molecule has 5 fully saturated rings. The lowest BCUT2D eigenvalue weighted by molar-refractivity contribution is -0.193. The summed E-state index contributed by atoms with van der Waals surface area (Å²) in [4.78, 5) is 45.7. The molecule has 13 nitrogen and oxygen atoms in total. The number of aromatic hydroxyl groups is 1. The Morgan fingerprint density at radius 2 is 1.84 bits per heavy atom. The summed E-state index contributed by atoms with van der Waals surface area (Å²) in [6.07, 6.45) is 12.5. The summed E-state index contributed by atoms with van der Waals surface area (Å²) in [5.74, 6) is 12.1. The molecule has 1 amide bonds. The van der Waals surface area contributed by atoms with Gasteiger partial charge < -0.3 is 50.6 Å². The first-order chi connectivity index (χ1) is 35.3. The molecule has 1 aromatic rings. The topological polar surface area (TPSA) is 196 Å². The molecule has 17 unspecified atom stereocenters. The van der Waals surface area contributed by atoms with Crippen molar-refractivity contribution in [1.29, 1.82) is 0 Å². The molecular weight excluding hydrogens is 923 g/mol. The number of rotatable bonds is 10. The standard InChI is InChI=1S/C60H81N3O10/c1-35(65)27-37-11-8-13-39-29-45-48(57(34-64)21-6-7-22-57)33-71-53-49(68)20-19-44(50(45)53)51(39)59-25-26-62-41(31-59)15-9-12-38-28-46(52(72-36(2)66)43(37)18-17-42(67)32-61-3)54(59)73-56(70)60-24-5-4-14-40(60)30-58(55(69)63-60)23-10-16-47(38)58/h19-20,28,35,37,39-43,45-48,51-52,54,61-62,64-65,67-68H,4-7,10-11,14-18,21-27,29-34H2,1-3H3,(H,63,69). The van der Waals surface area contributed by atoms with Gasteiger partial charge in [0.2, 0.25) is 5.91 Å². The van der Waals surface area contributed by atoms with Gasteiger partial charge in [0.15, 0.2) is 11.5 Å². The van der Waals surface area contributed by atoms with Gasteiger partial charge in [0, 0.05) is 90.5 Å². The first-order valence-electron chi connectivity index (χ1n) is 28.5. The third kappa shape index (κ3) is 8.62. The Bertz CT molecular complexity index is 2460. The van der Waals surface area contributed by atoms with E-state index in [2.05, 4.69) is 51.8 Å². The van der Waals surface area contributed by atoms with Gasteiger partial charge in [0.05, 0.1) is 30.1 Å². The van der Waals surface area contributed by atoms with Gasteiger partial charge in [-0.25, -0.2) is 4.79 Å². The lowest BCUT2D eigenvalue weighted by atomic mass is 9.50. The normalized spacial score (nSPS) is 40.7. The number of phenolic OH excluding ortho intramolecular Hbond substituents is 1. The number of benzene rings is 1. The van der Waals surface area contributed by atoms with Gasteiger partial charge in [0.25, 0.3) is 0 Å². The summed E-state index contributed by atoms with van der Waals surface area (Å²) in [6, 6.07) is 3.72. The van der Waals surface area contributed by atoms with Gasteiger partial charge in [-0.05, 0) is 133 Å². The molecule has 3 saturated carbocycles. The second-order valence-electron chi connectivity index (χ2n) is 24.9. The van der Waals surface area contributed by atoms with Gasteiger partial charge in [0.1, 0.15) is 17.7 Å². The number of carbonyl (C=O) groups excluding carboxylic acids is 3. The number of amides is 1. The van der Waals surface area contributed by atoms with Crippen LogP contribution in [0.5, 0.6) is 11.5 Å². The highest BCUT2D eigenvalue weighted by Gasteiger charge is 2.67. The van der Waals surface area contributed by atoms with Gasteiger partial charge in [-0.2, -0.15) is 0 Å². The molecule has 2 saturated heterocycles. The summed E-state index contributed by atoms with van der Waals surface area (Å²) in [5, 5.41) is 56.6. The Morgan fingerprint density at radius 1 is 1.01 bits per heavy atom. The Kier molecular flexibility index (Phi) is 14.1. The molecule has 0 radical (unpaired) electrons. The number of fused-ring (bicyclic) bond motifs is 5. The minimum absolute atomic E-state index is 0.0233. The highest BCUT2D eigenvalue weighted by Crippen LogP contribution is 2.67. The molecule has 3 spiro atoms. The van der Waals surface area contributed by atoms with Crippen LogP contribution in [0.15, 0.2) is 23.8 Å². The molecule has 13 heteroatoms. The largest absolute Gasteiger partial charge is 0.504 e. The monoisotopic (exact) mass is 1000 g/mol. The first-order valence-corrected chi connectivity index (χ1v) is 28.5. The third-order valence-corrected chi connectivity index (χ3v) is 21.1. The Hall–Kier alpha value is -4.11. The molecular formula is C60H81N3O10. The molecule has 7 bridgehead atoms. The van der Waals surface area contributed by atoms with Crippen molar-refractivity contribution in [1.82, 2.24) is 16.0 Å². The number of aliphatic hydroxyl groups excluding tert-OH is 3. The van der Waals surface area contributed by atoms with E-state index in [9.17, 15) is 25.2 Å². The summed E-state index contributed by atoms with van der Waals surface area (Å²) in [6.45, 7) is 4.63. The van der Waals surface area contributed by atoms with Gasteiger partial charge >= 0.3 is 11.9 Å². The number of ether oxygens (including phenoxy) is 3. The Morgan fingerprint density at radius 3 is 2.62 bits per heavy atom. The molecule has 5 heterocycles. The van der Waals surface area contributed by atoms with Crippen molar-refractivity contribution in [2.45, 2.75) is 190 Å². The number of nitrogens with one attached hydrogen (secondary N) is 3. The molecule has 396 valence electrons. The zero-order valence-corrected chi connectivity index (χ0v) is 43.5. The zero-order chi connectivity index (χ0) is 50.9. The number of phenols is 1. The summed E-state index contributed by atoms with van der Waals surface area (Å²) in [7, 11) is 1.81. The maximum atomic E-state index is 16.3. The molecule has 1 aromatic carbocycles. The van der Waals surface area contributed by atoms with E-state index in [1.54, 1.807) is 13.0 Å². The highest BCUT2D eigenvalue weighted by molar-refractivity contribution is 5.94. The molecule has 0 aromatic heterocycles. The van der Waals surface area contributed by atoms with Crippen LogP contribution in [-0.4, -0.2) is 108 Å². The number of hydrogen-bond acceptors (Lipinski definition) is 12. The van der Waals surface area contributed by atoms with E-state index in [1.807, 2.05) is 7.05 Å². The number of allylic oxidation sites excluding steroid dienone is 1. The molecule has 5 aliphatic heterocycles. The maximum absolute atomic E-state index is 16.3. The van der Waals surface area contributed by atoms with Crippen LogP contribution in [0.3, 0.4) is 0 Å². The molecule has 12 rings (SSSR count). The van der Waals surface area contributed by atoms with Crippen LogP contribution in [-0.2, 0) is 23.9 Å². The van der Waals surface area contributed by atoms with Gasteiger partial charge in [-0.15, -0.1) is 5.92 Å². The average Bonchev–Trinajstić information content (AvgIpc) is 4.03. The minimum atomic E-state index is -1.24. The predicted octanol–water partition coefficient (Wildman–Crippen LogP) is 6.69. The number of esters is 2. The maximum Gasteiger partial charge on any atom is 0.332 e. The highest BCUT2D eigenvalue weighted by atomic mass is 16.6. The average molecular weight is 1000 g/mol. The minimum Gasteiger partial charge on any atom is -0.504 e. The van der Waals surface area contributed by atoms with Gasteiger partial charge in [-0.3, -0.25) is 9.59 Å². The van der Waals surface area contributed by atoms with Gasteiger partial charge in [-0.1, -0.05) is 62.0 Å².